The molecule has 1 fully saturated rings. The number of nitrogens with one attached hydrogen (secondary N) is 1. The molecule has 1 aliphatic heterocycles. The monoisotopic (exact) mass is 458 g/mol. The third-order valence-corrected chi connectivity index (χ3v) is 6.66. The van der Waals surface area contributed by atoms with E-state index in [9.17, 15) is 4.39 Å². The third kappa shape index (κ3) is 4.51. The molecule has 3 heterocycles. The maximum absolute atomic E-state index is 14.9. The Labute approximate surface area is 195 Å². The molecule has 2 aromatic carbocycles. The number of anilines is 3. The summed E-state index contributed by atoms with van der Waals surface area (Å²) in [5.74, 6) is 0.156. The number of rotatable bonds is 5. The van der Waals surface area contributed by atoms with Gasteiger partial charge in [-0.25, -0.2) is 14.4 Å². The Morgan fingerprint density at radius 2 is 1.94 bits per heavy atom. The van der Waals surface area contributed by atoms with Gasteiger partial charge in [0.1, 0.15) is 10.6 Å². The van der Waals surface area contributed by atoms with Crippen LogP contribution >= 0.6 is 11.3 Å². The predicted octanol–water partition coefficient (Wildman–Crippen LogP) is 5.06. The lowest BCUT2D eigenvalue weighted by atomic mass is 10.0. The second-order valence-corrected chi connectivity index (χ2v) is 9.05. The van der Waals surface area contributed by atoms with E-state index in [2.05, 4.69) is 33.2 Å². The predicted molar refractivity (Wildman–Crippen MR) is 132 cm³/mol. The number of benzene rings is 2. The highest BCUT2D eigenvalue weighted by atomic mass is 32.1. The first-order valence-electron chi connectivity index (χ1n) is 10.8. The van der Waals surface area contributed by atoms with Crippen LogP contribution in [0, 0.1) is 17.1 Å². The highest BCUT2D eigenvalue weighted by Crippen LogP contribution is 2.32. The fourth-order valence-electron chi connectivity index (χ4n) is 4.07. The Morgan fingerprint density at radius 3 is 2.73 bits per heavy atom. The molecule has 33 heavy (non-hydrogen) atoms. The lowest BCUT2D eigenvalue weighted by Crippen LogP contribution is -2.44. The number of halogens is 1. The van der Waals surface area contributed by atoms with Gasteiger partial charge < -0.3 is 15.1 Å². The lowest BCUT2D eigenvalue weighted by molar-refractivity contribution is 0.311. The van der Waals surface area contributed by atoms with Crippen molar-refractivity contribution in [2.24, 2.45) is 0 Å². The molecule has 4 aromatic rings. The largest absolute Gasteiger partial charge is 0.367 e. The topological polar surface area (TPSA) is 68.1 Å². The Balaban J connectivity index is 1.45. The van der Waals surface area contributed by atoms with Gasteiger partial charge in [0.05, 0.1) is 23.9 Å². The van der Waals surface area contributed by atoms with Crippen LogP contribution in [0.25, 0.3) is 21.5 Å². The SMILES string of the molecule is CN1CCN(c2ccc(Nc3nc(-c4cccc(CC#N)c4)c4ccsc4n3)cc2F)CC1. The first-order chi connectivity index (χ1) is 16.1. The first kappa shape index (κ1) is 21.3. The van der Waals surface area contributed by atoms with Crippen LogP contribution in [0.1, 0.15) is 5.56 Å². The summed E-state index contributed by atoms with van der Waals surface area (Å²) in [6.07, 6.45) is 0.343. The molecule has 166 valence electrons. The molecule has 1 N–H and O–H groups in total. The number of aromatic nitrogens is 2. The molecule has 8 heteroatoms. The van der Waals surface area contributed by atoms with Crippen molar-refractivity contribution in [1.82, 2.24) is 14.9 Å². The summed E-state index contributed by atoms with van der Waals surface area (Å²) in [5.41, 5.74) is 3.88. The number of hydrogen-bond donors (Lipinski definition) is 1. The number of thiophene rings is 1. The minimum atomic E-state index is -0.258. The van der Waals surface area contributed by atoms with Crippen molar-refractivity contribution >= 4 is 38.9 Å². The number of fused-ring (bicyclic) bond motifs is 1. The number of nitrogens with zero attached hydrogens (tertiary/aromatic N) is 5. The standard InChI is InChI=1S/C25H23FN6S/c1-31-10-12-32(13-11-31)22-6-5-19(16-21(22)26)28-25-29-23(20-8-14-33-24(20)30-25)18-4-2-3-17(15-18)7-9-27/h2-6,8,14-16H,7,10-13H2,1H3,(H,28,29,30). The molecule has 6 nitrogen and oxygen atoms in total. The Kier molecular flexibility index (Phi) is 5.90. The number of nitriles is 1. The van der Waals surface area contributed by atoms with E-state index in [1.54, 1.807) is 0 Å². The summed E-state index contributed by atoms with van der Waals surface area (Å²) in [6.45, 7) is 3.47. The molecule has 0 radical (unpaired) electrons. The van der Waals surface area contributed by atoms with Crippen LogP contribution in [0.15, 0.2) is 53.9 Å². The van der Waals surface area contributed by atoms with Crippen LogP contribution in [-0.4, -0.2) is 48.1 Å². The zero-order chi connectivity index (χ0) is 22.8. The summed E-state index contributed by atoms with van der Waals surface area (Å²) < 4.78 is 14.9. The van der Waals surface area contributed by atoms with Gasteiger partial charge >= 0.3 is 0 Å². The molecule has 1 saturated heterocycles. The lowest BCUT2D eigenvalue weighted by Gasteiger charge is -2.34. The van der Waals surface area contributed by atoms with E-state index in [1.807, 2.05) is 47.8 Å². The maximum Gasteiger partial charge on any atom is 0.229 e. The van der Waals surface area contributed by atoms with Gasteiger partial charge in [0.25, 0.3) is 0 Å². The van der Waals surface area contributed by atoms with Gasteiger partial charge in [-0.15, -0.1) is 11.3 Å². The average Bonchev–Trinajstić information content (AvgIpc) is 3.29. The normalized spacial score (nSPS) is 14.4. The highest BCUT2D eigenvalue weighted by molar-refractivity contribution is 7.16. The molecule has 0 aliphatic carbocycles. The van der Waals surface area contributed by atoms with E-state index in [1.165, 1.54) is 17.4 Å². The van der Waals surface area contributed by atoms with Crippen LogP contribution in [-0.2, 0) is 6.42 Å². The van der Waals surface area contributed by atoms with Crippen molar-refractivity contribution in [1.29, 1.82) is 5.26 Å². The van der Waals surface area contributed by atoms with Gasteiger partial charge in [0.2, 0.25) is 5.95 Å². The van der Waals surface area contributed by atoms with Crippen LogP contribution in [0.4, 0.5) is 21.7 Å². The smallest absolute Gasteiger partial charge is 0.229 e. The van der Waals surface area contributed by atoms with Crippen molar-refractivity contribution in [3.63, 3.8) is 0 Å². The molecule has 0 amide bonds. The quantitative estimate of drug-likeness (QED) is 0.451. The Morgan fingerprint density at radius 1 is 1.09 bits per heavy atom. The van der Waals surface area contributed by atoms with Gasteiger partial charge in [-0.05, 0) is 48.3 Å². The Hall–Kier alpha value is -3.54. The van der Waals surface area contributed by atoms with E-state index >= 15 is 0 Å². The summed E-state index contributed by atoms with van der Waals surface area (Å²) in [5, 5.41) is 15.2. The second-order valence-electron chi connectivity index (χ2n) is 8.15. The third-order valence-electron chi connectivity index (χ3n) is 5.86. The number of piperazine rings is 1. The molecule has 2 aromatic heterocycles. The van der Waals surface area contributed by atoms with Crippen LogP contribution in [0.5, 0.6) is 0 Å². The van der Waals surface area contributed by atoms with E-state index in [0.717, 1.165) is 53.2 Å². The van der Waals surface area contributed by atoms with E-state index in [-0.39, 0.29) is 5.82 Å². The van der Waals surface area contributed by atoms with Crippen LogP contribution in [0.3, 0.4) is 0 Å². The number of likely N-dealkylation sites (N-methyl/N-ethyl adjacent to an activating group) is 1. The van der Waals surface area contributed by atoms with E-state index in [0.29, 0.717) is 23.7 Å². The van der Waals surface area contributed by atoms with Crippen molar-refractivity contribution in [3.8, 4) is 17.3 Å². The summed E-state index contributed by atoms with van der Waals surface area (Å²) in [7, 11) is 2.08. The maximum atomic E-state index is 14.9. The highest BCUT2D eigenvalue weighted by Gasteiger charge is 2.18. The summed E-state index contributed by atoms with van der Waals surface area (Å²) >= 11 is 1.53. The molecular formula is C25H23FN6S. The van der Waals surface area contributed by atoms with Crippen LogP contribution in [0.2, 0.25) is 0 Å². The molecule has 0 unspecified atom stereocenters. The van der Waals surface area contributed by atoms with Crippen molar-refractivity contribution < 1.29 is 4.39 Å². The van der Waals surface area contributed by atoms with Crippen molar-refractivity contribution in [2.75, 3.05) is 43.4 Å². The second kappa shape index (κ2) is 9.14. The van der Waals surface area contributed by atoms with Crippen molar-refractivity contribution in [2.45, 2.75) is 6.42 Å². The molecule has 0 atom stereocenters. The minimum Gasteiger partial charge on any atom is -0.367 e. The van der Waals surface area contributed by atoms with E-state index in [4.69, 9.17) is 10.2 Å². The summed E-state index contributed by atoms with van der Waals surface area (Å²) in [6, 6.07) is 17.2. The van der Waals surface area contributed by atoms with Gasteiger partial charge in [-0.2, -0.15) is 5.26 Å². The molecule has 0 saturated carbocycles. The van der Waals surface area contributed by atoms with Crippen molar-refractivity contribution in [3.05, 3.63) is 65.3 Å². The molecule has 0 spiro atoms. The summed E-state index contributed by atoms with van der Waals surface area (Å²) in [4.78, 5) is 14.6. The fraction of sp³-hybridized carbons (Fsp3) is 0.240. The van der Waals surface area contributed by atoms with E-state index < -0.39 is 0 Å². The zero-order valence-corrected chi connectivity index (χ0v) is 19.1. The number of hydrogen-bond acceptors (Lipinski definition) is 7. The van der Waals surface area contributed by atoms with Crippen LogP contribution < -0.4 is 10.2 Å². The first-order valence-corrected chi connectivity index (χ1v) is 11.7. The zero-order valence-electron chi connectivity index (χ0n) is 18.3. The average molecular weight is 459 g/mol. The molecule has 1 aliphatic rings. The van der Waals surface area contributed by atoms with Gasteiger partial charge in [0, 0.05) is 42.8 Å². The van der Waals surface area contributed by atoms with Gasteiger partial charge in [-0.1, -0.05) is 18.2 Å². The molecular weight excluding hydrogens is 435 g/mol. The minimum absolute atomic E-state index is 0.258. The molecule has 5 rings (SSSR count). The van der Waals surface area contributed by atoms with Gasteiger partial charge in [0.15, 0.2) is 0 Å². The Bertz CT molecular complexity index is 1340. The van der Waals surface area contributed by atoms with Gasteiger partial charge in [-0.3, -0.25) is 0 Å². The molecule has 0 bridgehead atoms. The fourth-order valence-corrected chi connectivity index (χ4v) is 4.83.